The number of nitrogens with zero attached hydrogens (tertiary/aromatic N) is 2. The molecule has 0 aliphatic heterocycles. The largest absolute Gasteiger partial charge is 0.469 e. The summed E-state index contributed by atoms with van der Waals surface area (Å²) in [7, 11) is 1.77. The molecule has 20 heavy (non-hydrogen) atoms. The summed E-state index contributed by atoms with van der Waals surface area (Å²) in [6, 6.07) is 3.87. The molecule has 2 rings (SSSR count). The smallest absolute Gasteiger partial charge is 0.191 e. The predicted octanol–water partition coefficient (Wildman–Crippen LogP) is 2.57. The molecule has 0 aromatic carbocycles. The average Bonchev–Trinajstić information content (AvgIpc) is 3.05. The van der Waals surface area contributed by atoms with Gasteiger partial charge >= 0.3 is 0 Å². The third kappa shape index (κ3) is 5.12. The molecule has 0 atom stereocenters. The molecular formula is C13H19IN4OS. The van der Waals surface area contributed by atoms with Gasteiger partial charge in [-0.3, -0.25) is 4.99 Å². The van der Waals surface area contributed by atoms with Crippen molar-refractivity contribution in [3.8, 4) is 0 Å². The maximum absolute atomic E-state index is 5.28. The lowest BCUT2D eigenvalue weighted by Crippen LogP contribution is -2.37. The van der Waals surface area contributed by atoms with Gasteiger partial charge in [0.2, 0.25) is 0 Å². The highest BCUT2D eigenvalue weighted by Crippen LogP contribution is 2.10. The van der Waals surface area contributed by atoms with Crippen molar-refractivity contribution in [2.75, 3.05) is 13.6 Å². The third-order valence-electron chi connectivity index (χ3n) is 2.73. The van der Waals surface area contributed by atoms with Crippen LogP contribution < -0.4 is 10.6 Å². The van der Waals surface area contributed by atoms with Crippen molar-refractivity contribution in [3.63, 3.8) is 0 Å². The fourth-order valence-corrected chi connectivity index (χ4v) is 2.36. The van der Waals surface area contributed by atoms with E-state index in [2.05, 4.69) is 20.6 Å². The first-order valence-electron chi connectivity index (χ1n) is 6.15. The maximum Gasteiger partial charge on any atom is 0.191 e. The number of hydrogen-bond donors (Lipinski definition) is 2. The Balaban J connectivity index is 0.00000200. The molecule has 0 unspecified atom stereocenters. The summed E-state index contributed by atoms with van der Waals surface area (Å²) in [5.41, 5.74) is 2.93. The Morgan fingerprint density at radius 2 is 2.30 bits per heavy atom. The van der Waals surface area contributed by atoms with Gasteiger partial charge in [-0.05, 0) is 19.1 Å². The van der Waals surface area contributed by atoms with Crippen LogP contribution in [0.1, 0.15) is 16.3 Å². The standard InChI is InChI=1S/C13H18N4OS.HI/c1-10-12(19-9-17-10)8-16-13(14-2)15-6-5-11-4-3-7-18-11;/h3-4,7,9H,5-6,8H2,1-2H3,(H2,14,15,16);1H. The number of thiazole rings is 1. The van der Waals surface area contributed by atoms with E-state index in [0.717, 1.165) is 36.9 Å². The van der Waals surface area contributed by atoms with Gasteiger partial charge in [-0.25, -0.2) is 4.98 Å². The van der Waals surface area contributed by atoms with E-state index in [1.165, 1.54) is 4.88 Å². The minimum Gasteiger partial charge on any atom is -0.469 e. The zero-order chi connectivity index (χ0) is 13.5. The molecule has 0 bridgehead atoms. The molecule has 2 N–H and O–H groups in total. The van der Waals surface area contributed by atoms with E-state index in [9.17, 15) is 0 Å². The molecule has 2 aromatic rings. The normalized spacial score (nSPS) is 11.0. The molecule has 0 fully saturated rings. The molecule has 0 aliphatic carbocycles. The van der Waals surface area contributed by atoms with E-state index in [0.29, 0.717) is 0 Å². The van der Waals surface area contributed by atoms with Gasteiger partial charge in [0, 0.05) is 24.9 Å². The Kier molecular flexibility index (Phi) is 7.60. The molecular weight excluding hydrogens is 387 g/mol. The van der Waals surface area contributed by atoms with Crippen LogP contribution in [0.25, 0.3) is 0 Å². The summed E-state index contributed by atoms with van der Waals surface area (Å²) < 4.78 is 5.28. The molecule has 0 saturated heterocycles. The molecule has 7 heteroatoms. The quantitative estimate of drug-likeness (QED) is 0.455. The number of aryl methyl sites for hydroxylation is 1. The topological polar surface area (TPSA) is 62.5 Å². The van der Waals surface area contributed by atoms with Crippen molar-refractivity contribution in [2.24, 2.45) is 4.99 Å². The second kappa shape index (κ2) is 8.96. The minimum absolute atomic E-state index is 0. The Hall–Kier alpha value is -1.09. The van der Waals surface area contributed by atoms with Crippen molar-refractivity contribution < 1.29 is 4.42 Å². The second-order valence-electron chi connectivity index (χ2n) is 4.04. The number of aliphatic imine (C=N–C) groups is 1. The van der Waals surface area contributed by atoms with Gasteiger partial charge < -0.3 is 15.1 Å². The molecule has 0 radical (unpaired) electrons. The first-order chi connectivity index (χ1) is 9.29. The van der Waals surface area contributed by atoms with Crippen molar-refractivity contribution in [1.82, 2.24) is 15.6 Å². The number of rotatable bonds is 5. The minimum atomic E-state index is 0. The molecule has 0 spiro atoms. The van der Waals surface area contributed by atoms with Crippen molar-refractivity contribution in [3.05, 3.63) is 40.2 Å². The molecule has 0 aliphatic rings. The molecule has 0 saturated carbocycles. The molecule has 0 amide bonds. The van der Waals surface area contributed by atoms with E-state index in [1.807, 2.05) is 24.6 Å². The number of aromatic nitrogens is 1. The first kappa shape index (κ1) is 17.0. The van der Waals surface area contributed by atoms with E-state index in [-0.39, 0.29) is 24.0 Å². The third-order valence-corrected chi connectivity index (χ3v) is 3.66. The van der Waals surface area contributed by atoms with Crippen LogP contribution in [0.2, 0.25) is 0 Å². The predicted molar refractivity (Wildman–Crippen MR) is 92.9 cm³/mol. The van der Waals surface area contributed by atoms with Gasteiger partial charge in [0.1, 0.15) is 5.76 Å². The highest BCUT2D eigenvalue weighted by molar-refractivity contribution is 14.0. The SMILES string of the molecule is CN=C(NCCc1ccco1)NCc1scnc1C.I. The fraction of sp³-hybridized carbons (Fsp3) is 0.385. The van der Waals surface area contributed by atoms with Crippen molar-refractivity contribution in [1.29, 1.82) is 0 Å². The van der Waals surface area contributed by atoms with Gasteiger partial charge in [-0.1, -0.05) is 0 Å². The summed E-state index contributed by atoms with van der Waals surface area (Å²) in [4.78, 5) is 9.64. The Morgan fingerprint density at radius 1 is 1.45 bits per heavy atom. The van der Waals surface area contributed by atoms with Gasteiger partial charge in [0.15, 0.2) is 5.96 Å². The number of hydrogen-bond acceptors (Lipinski definition) is 4. The van der Waals surface area contributed by atoms with Gasteiger partial charge in [0.25, 0.3) is 0 Å². The Bertz CT molecular complexity index is 524. The zero-order valence-corrected chi connectivity index (χ0v) is 14.7. The van der Waals surface area contributed by atoms with Crippen LogP contribution in [0, 0.1) is 6.92 Å². The Morgan fingerprint density at radius 3 is 2.90 bits per heavy atom. The highest BCUT2D eigenvalue weighted by Gasteiger charge is 2.03. The second-order valence-corrected chi connectivity index (χ2v) is 4.98. The highest BCUT2D eigenvalue weighted by atomic mass is 127. The molecule has 5 nitrogen and oxygen atoms in total. The monoisotopic (exact) mass is 406 g/mol. The number of guanidine groups is 1. The van der Waals surface area contributed by atoms with Crippen LogP contribution in [0.5, 0.6) is 0 Å². The summed E-state index contributed by atoms with van der Waals surface area (Å²) in [5.74, 6) is 1.76. The van der Waals surface area contributed by atoms with Gasteiger partial charge in [0.05, 0.1) is 24.0 Å². The lowest BCUT2D eigenvalue weighted by atomic mass is 10.3. The average molecular weight is 406 g/mol. The van der Waals surface area contributed by atoms with Gasteiger partial charge in [-0.15, -0.1) is 35.3 Å². The molecule has 2 aromatic heterocycles. The van der Waals surface area contributed by atoms with E-state index < -0.39 is 0 Å². The van der Waals surface area contributed by atoms with Crippen LogP contribution in [0.4, 0.5) is 0 Å². The molecule has 2 heterocycles. The summed E-state index contributed by atoms with van der Waals surface area (Å²) in [5, 5.41) is 6.52. The lowest BCUT2D eigenvalue weighted by Gasteiger charge is -2.10. The maximum atomic E-state index is 5.28. The zero-order valence-electron chi connectivity index (χ0n) is 11.5. The first-order valence-corrected chi connectivity index (χ1v) is 7.03. The number of halogens is 1. The lowest BCUT2D eigenvalue weighted by molar-refractivity contribution is 0.507. The van der Waals surface area contributed by atoms with Crippen LogP contribution in [-0.4, -0.2) is 24.5 Å². The van der Waals surface area contributed by atoms with Crippen LogP contribution in [0.15, 0.2) is 33.3 Å². The van der Waals surface area contributed by atoms with E-state index in [4.69, 9.17) is 4.42 Å². The number of nitrogens with one attached hydrogen (secondary N) is 2. The fourth-order valence-electron chi connectivity index (χ4n) is 1.64. The number of furan rings is 1. The summed E-state index contributed by atoms with van der Waals surface area (Å²) >= 11 is 1.65. The summed E-state index contributed by atoms with van der Waals surface area (Å²) in [6.45, 7) is 3.55. The summed E-state index contributed by atoms with van der Waals surface area (Å²) in [6.07, 6.45) is 2.53. The van der Waals surface area contributed by atoms with Crippen LogP contribution >= 0.6 is 35.3 Å². The van der Waals surface area contributed by atoms with Crippen LogP contribution in [0.3, 0.4) is 0 Å². The Labute approximate surface area is 139 Å². The van der Waals surface area contributed by atoms with Gasteiger partial charge in [-0.2, -0.15) is 0 Å². The van der Waals surface area contributed by atoms with Crippen molar-refractivity contribution in [2.45, 2.75) is 19.9 Å². The van der Waals surface area contributed by atoms with Crippen molar-refractivity contribution >= 4 is 41.3 Å². The van der Waals surface area contributed by atoms with E-state index >= 15 is 0 Å². The molecule has 110 valence electrons. The van der Waals surface area contributed by atoms with Crippen LogP contribution in [-0.2, 0) is 13.0 Å². The van der Waals surface area contributed by atoms with E-state index in [1.54, 1.807) is 24.6 Å².